The number of hydrogen-bond acceptors (Lipinski definition) is 3. The molecule has 0 amide bonds. The molecule has 0 aromatic rings. The zero-order chi connectivity index (χ0) is 8.15. The molecule has 54 valence electrons. The molecule has 0 aliphatic heterocycles. The van der Waals surface area contributed by atoms with Crippen LogP contribution < -0.4 is 5.11 Å². The van der Waals surface area contributed by atoms with Crippen LogP contribution in [0.15, 0.2) is 11.6 Å². The van der Waals surface area contributed by atoms with Gasteiger partial charge in [-0.1, -0.05) is 19.9 Å². The summed E-state index contributed by atoms with van der Waals surface area (Å²) in [7, 11) is 0. The molecule has 0 bridgehead atoms. The normalized spacial score (nSPS) is 11.2. The van der Waals surface area contributed by atoms with Gasteiger partial charge < -0.3 is 9.90 Å². The first-order valence-electron chi connectivity index (χ1n) is 2.91. The fourth-order valence-corrected chi connectivity index (χ4v) is 0.484. The first kappa shape index (κ1) is 8.70. The maximum Gasteiger partial charge on any atom is 0.101 e. The second-order valence-corrected chi connectivity index (χ2v) is 2.22. The molecule has 0 rings (SSSR count). The molecular formula is C7H8NO2-. The van der Waals surface area contributed by atoms with Crippen LogP contribution in [-0.2, 0) is 4.79 Å². The fraction of sp³-hybridized carbons (Fsp3) is 0.429. The number of hydrogen-bond donors (Lipinski definition) is 0. The summed E-state index contributed by atoms with van der Waals surface area (Å²) in [5, 5.41) is 18.3. The summed E-state index contributed by atoms with van der Waals surface area (Å²) in [6.45, 7) is 3.58. The number of nitrogens with zero attached hydrogens (tertiary/aromatic N) is 1. The summed E-state index contributed by atoms with van der Waals surface area (Å²) >= 11 is 0. The summed E-state index contributed by atoms with van der Waals surface area (Å²) in [6, 6.07) is 1.53. The van der Waals surface area contributed by atoms with E-state index in [2.05, 4.69) is 0 Å². The van der Waals surface area contributed by atoms with Crippen molar-refractivity contribution < 1.29 is 9.90 Å². The van der Waals surface area contributed by atoms with Crippen molar-refractivity contribution in [3.63, 3.8) is 0 Å². The lowest BCUT2D eigenvalue weighted by Crippen LogP contribution is -2.24. The van der Waals surface area contributed by atoms with E-state index in [1.165, 1.54) is 12.1 Å². The maximum absolute atomic E-state index is 10.1. The van der Waals surface area contributed by atoms with Crippen molar-refractivity contribution in [3.8, 4) is 6.07 Å². The molecule has 0 N–H and O–H groups in total. The number of carboxylic acid groups (broad SMARTS) is 1. The van der Waals surface area contributed by atoms with Gasteiger partial charge in [-0.3, -0.25) is 0 Å². The van der Waals surface area contributed by atoms with E-state index in [-0.39, 0.29) is 11.5 Å². The minimum atomic E-state index is -1.41. The van der Waals surface area contributed by atoms with Gasteiger partial charge in [-0.25, -0.2) is 0 Å². The van der Waals surface area contributed by atoms with Crippen LogP contribution in [0, 0.1) is 17.2 Å². The van der Waals surface area contributed by atoms with Gasteiger partial charge in [-0.15, -0.1) is 0 Å². The average molecular weight is 138 g/mol. The Kier molecular flexibility index (Phi) is 3.20. The van der Waals surface area contributed by atoms with E-state index in [4.69, 9.17) is 5.26 Å². The Morgan fingerprint density at radius 1 is 1.70 bits per heavy atom. The lowest BCUT2D eigenvalue weighted by Gasteiger charge is -1.99. The molecule has 0 saturated heterocycles. The molecule has 0 spiro atoms. The number of rotatable bonds is 2. The summed E-state index contributed by atoms with van der Waals surface area (Å²) in [4.78, 5) is 10.1. The van der Waals surface area contributed by atoms with Crippen molar-refractivity contribution in [3.05, 3.63) is 11.6 Å². The van der Waals surface area contributed by atoms with Crippen molar-refractivity contribution in [2.75, 3.05) is 0 Å². The van der Waals surface area contributed by atoms with E-state index < -0.39 is 5.97 Å². The molecule has 0 heterocycles. The monoisotopic (exact) mass is 138 g/mol. The molecule has 0 aliphatic carbocycles. The summed E-state index contributed by atoms with van der Waals surface area (Å²) in [6.07, 6.45) is 1.36. The van der Waals surface area contributed by atoms with E-state index in [1.54, 1.807) is 13.8 Å². The van der Waals surface area contributed by atoms with Crippen LogP contribution in [0.4, 0.5) is 0 Å². The van der Waals surface area contributed by atoms with Crippen LogP contribution >= 0.6 is 0 Å². The maximum atomic E-state index is 10.1. The zero-order valence-corrected chi connectivity index (χ0v) is 5.92. The average Bonchev–Trinajstić information content (AvgIpc) is 1.81. The van der Waals surface area contributed by atoms with E-state index in [9.17, 15) is 9.90 Å². The van der Waals surface area contributed by atoms with Gasteiger partial charge in [0.15, 0.2) is 0 Å². The van der Waals surface area contributed by atoms with Crippen LogP contribution in [0.1, 0.15) is 13.8 Å². The van der Waals surface area contributed by atoms with Gasteiger partial charge in [0.25, 0.3) is 0 Å². The summed E-state index contributed by atoms with van der Waals surface area (Å²) in [5.41, 5.74) is -0.296. The Labute approximate surface area is 59.6 Å². The van der Waals surface area contributed by atoms with Crippen molar-refractivity contribution in [1.82, 2.24) is 0 Å². The molecule has 3 heteroatoms. The Balaban J connectivity index is 4.39. The van der Waals surface area contributed by atoms with Gasteiger partial charge in [-0.05, 0) is 5.92 Å². The van der Waals surface area contributed by atoms with E-state index in [0.717, 1.165) is 0 Å². The Morgan fingerprint density at radius 3 is 2.30 bits per heavy atom. The molecule has 0 radical (unpaired) electrons. The van der Waals surface area contributed by atoms with Crippen LogP contribution in [0.3, 0.4) is 0 Å². The first-order valence-corrected chi connectivity index (χ1v) is 2.91. The number of carbonyl (C=O) groups excluding carboxylic acids is 1. The highest BCUT2D eigenvalue weighted by Gasteiger charge is 1.96. The van der Waals surface area contributed by atoms with Crippen molar-refractivity contribution in [2.45, 2.75) is 13.8 Å². The molecule has 0 unspecified atom stereocenters. The van der Waals surface area contributed by atoms with Crippen molar-refractivity contribution in [1.29, 1.82) is 5.26 Å². The van der Waals surface area contributed by atoms with E-state index in [1.807, 2.05) is 0 Å². The molecule has 3 nitrogen and oxygen atoms in total. The Bertz CT molecular complexity index is 198. The summed E-state index contributed by atoms with van der Waals surface area (Å²) < 4.78 is 0. The van der Waals surface area contributed by atoms with Crippen LogP contribution in [0.2, 0.25) is 0 Å². The van der Waals surface area contributed by atoms with Crippen LogP contribution in [-0.4, -0.2) is 5.97 Å². The lowest BCUT2D eigenvalue weighted by molar-refractivity contribution is -0.298. The highest BCUT2D eigenvalue weighted by Crippen LogP contribution is 1.99. The minimum absolute atomic E-state index is 0.0625. The molecule has 0 aromatic carbocycles. The zero-order valence-electron chi connectivity index (χ0n) is 5.92. The molecule has 0 fully saturated rings. The molecular weight excluding hydrogens is 130 g/mol. The molecule has 0 atom stereocenters. The van der Waals surface area contributed by atoms with Gasteiger partial charge >= 0.3 is 0 Å². The molecule has 0 aliphatic rings. The van der Waals surface area contributed by atoms with E-state index in [0.29, 0.717) is 0 Å². The fourth-order valence-electron chi connectivity index (χ4n) is 0.484. The SMILES string of the molecule is CC(C)/C=C(\C#N)C(=O)[O-]. The van der Waals surface area contributed by atoms with Gasteiger partial charge in [0.2, 0.25) is 0 Å². The number of carboxylic acids is 1. The third kappa shape index (κ3) is 2.88. The minimum Gasteiger partial charge on any atom is -0.544 e. The largest absolute Gasteiger partial charge is 0.544 e. The number of allylic oxidation sites excluding steroid dienone is 1. The highest BCUT2D eigenvalue weighted by atomic mass is 16.4. The van der Waals surface area contributed by atoms with Crippen LogP contribution in [0.5, 0.6) is 0 Å². The Hall–Kier alpha value is -1.30. The second-order valence-electron chi connectivity index (χ2n) is 2.22. The second kappa shape index (κ2) is 3.67. The predicted octanol–water partition coefficient (Wildman–Crippen LogP) is -0.158. The van der Waals surface area contributed by atoms with Crippen LogP contribution in [0.25, 0.3) is 0 Å². The third-order valence-corrected chi connectivity index (χ3v) is 0.840. The quantitative estimate of drug-likeness (QED) is 0.393. The number of nitriles is 1. The lowest BCUT2D eigenvalue weighted by atomic mass is 10.1. The summed E-state index contributed by atoms with van der Waals surface area (Å²) in [5.74, 6) is -1.34. The third-order valence-electron chi connectivity index (χ3n) is 0.840. The van der Waals surface area contributed by atoms with Crippen molar-refractivity contribution in [2.24, 2.45) is 5.92 Å². The van der Waals surface area contributed by atoms with Gasteiger partial charge in [0.05, 0.1) is 11.5 Å². The predicted molar refractivity (Wildman–Crippen MR) is 33.5 cm³/mol. The highest BCUT2D eigenvalue weighted by molar-refractivity contribution is 5.89. The molecule has 0 saturated carbocycles. The topological polar surface area (TPSA) is 63.9 Å². The number of aliphatic carboxylic acids is 1. The molecule has 10 heavy (non-hydrogen) atoms. The first-order chi connectivity index (χ1) is 4.57. The van der Waals surface area contributed by atoms with Gasteiger partial charge in [-0.2, -0.15) is 5.26 Å². The van der Waals surface area contributed by atoms with Gasteiger partial charge in [0, 0.05) is 0 Å². The smallest absolute Gasteiger partial charge is 0.101 e. The van der Waals surface area contributed by atoms with E-state index >= 15 is 0 Å². The van der Waals surface area contributed by atoms with Crippen molar-refractivity contribution >= 4 is 5.97 Å². The number of carbonyl (C=O) groups is 1. The van der Waals surface area contributed by atoms with Gasteiger partial charge in [0.1, 0.15) is 6.07 Å². The Morgan fingerprint density at radius 2 is 2.20 bits per heavy atom. The molecule has 0 aromatic heterocycles. The standard InChI is InChI=1S/C7H9NO2/c1-5(2)3-6(4-8)7(9)10/h3,5H,1-2H3,(H,9,10)/p-1/b6-3+.